The van der Waals surface area contributed by atoms with Gasteiger partial charge in [-0.15, -0.1) is 0 Å². The molecule has 2 nitrogen and oxygen atoms in total. The number of aliphatic hydroxyl groups is 1. The molecular weight excluding hydrogens is 156 g/mol. The fraction of sp³-hybridized carbons (Fsp3) is 1.00. The summed E-state index contributed by atoms with van der Waals surface area (Å²) in [6, 6.07) is 1.08. The van der Waals surface area contributed by atoms with Crippen LogP contribution in [-0.4, -0.2) is 25.1 Å². The van der Waals surface area contributed by atoms with E-state index in [-0.39, 0.29) is 11.7 Å². The van der Waals surface area contributed by atoms with Crippen LogP contribution in [0.1, 0.15) is 20.3 Å². The Labute approximate surface area is 69.7 Å². The van der Waals surface area contributed by atoms with Crippen molar-refractivity contribution in [2.75, 3.05) is 0 Å². The van der Waals surface area contributed by atoms with Gasteiger partial charge in [-0.3, -0.25) is 0 Å². The van der Waals surface area contributed by atoms with Gasteiger partial charge in [0.1, 0.15) is 0 Å². The molecule has 0 aromatic heterocycles. The largest absolute Gasteiger partial charge is 0.410 e. The Kier molecular flexibility index (Phi) is 2.16. The maximum Gasteiger partial charge on any atom is 0.187 e. The third kappa shape index (κ3) is 2.04. The zero-order valence-corrected chi connectivity index (χ0v) is 8.85. The van der Waals surface area contributed by atoms with Crippen LogP contribution in [-0.2, 0) is 4.43 Å². The molecule has 3 heteroatoms. The van der Waals surface area contributed by atoms with Crippen LogP contribution in [0.5, 0.6) is 0 Å². The summed E-state index contributed by atoms with van der Waals surface area (Å²) in [5.74, 6) is 0. The first kappa shape index (κ1) is 9.23. The van der Waals surface area contributed by atoms with Crippen LogP contribution >= 0.6 is 0 Å². The molecule has 0 aromatic carbocycles. The third-order valence-electron chi connectivity index (χ3n) is 2.36. The second kappa shape index (κ2) is 2.57. The van der Waals surface area contributed by atoms with Gasteiger partial charge in [0, 0.05) is 0 Å². The van der Waals surface area contributed by atoms with Crippen molar-refractivity contribution in [2.45, 2.75) is 51.1 Å². The molecule has 66 valence electrons. The Bertz CT molecular complexity index is 154. The van der Waals surface area contributed by atoms with Crippen LogP contribution in [0.3, 0.4) is 0 Å². The van der Waals surface area contributed by atoms with Crippen LogP contribution < -0.4 is 0 Å². The fourth-order valence-corrected chi connectivity index (χ4v) is 4.29. The average Bonchev–Trinajstić information content (AvgIpc) is 1.77. The summed E-state index contributed by atoms with van der Waals surface area (Å²) in [5.41, 5.74) is -0.312. The summed E-state index contributed by atoms with van der Waals surface area (Å²) in [5, 5.41) is 9.57. The Hall–Kier alpha value is 0.137. The van der Waals surface area contributed by atoms with Gasteiger partial charge >= 0.3 is 0 Å². The highest BCUT2D eigenvalue weighted by atomic mass is 28.4. The smallest absolute Gasteiger partial charge is 0.187 e. The van der Waals surface area contributed by atoms with Crippen molar-refractivity contribution in [3.05, 3.63) is 0 Å². The highest BCUT2D eigenvalue weighted by molar-refractivity contribution is 6.71. The van der Waals surface area contributed by atoms with E-state index in [1.54, 1.807) is 0 Å². The predicted molar refractivity (Wildman–Crippen MR) is 48.1 cm³/mol. The molecular formula is C8H18O2Si. The summed E-state index contributed by atoms with van der Waals surface area (Å²) >= 11 is 0. The van der Waals surface area contributed by atoms with Crippen molar-refractivity contribution in [2.24, 2.45) is 0 Å². The summed E-state index contributed by atoms with van der Waals surface area (Å²) in [6.07, 6.45) is 0.634. The number of hydrogen-bond acceptors (Lipinski definition) is 2. The number of aliphatic hydroxyl groups excluding tert-OH is 1. The third-order valence-corrected chi connectivity index (χ3v) is 4.93. The van der Waals surface area contributed by atoms with Gasteiger partial charge in [0.15, 0.2) is 8.32 Å². The fourth-order valence-electron chi connectivity index (χ4n) is 1.66. The van der Waals surface area contributed by atoms with Gasteiger partial charge in [0.05, 0.1) is 11.7 Å². The van der Waals surface area contributed by atoms with E-state index in [0.29, 0.717) is 0 Å². The molecule has 0 bridgehead atoms. The van der Waals surface area contributed by atoms with E-state index in [4.69, 9.17) is 4.43 Å². The molecule has 0 saturated carbocycles. The lowest BCUT2D eigenvalue weighted by molar-refractivity contribution is -0.0511. The molecule has 1 heterocycles. The first-order valence-corrected chi connectivity index (χ1v) is 7.33. The zero-order chi connectivity index (χ0) is 8.70. The molecule has 1 N–H and O–H groups in total. The monoisotopic (exact) mass is 174 g/mol. The van der Waals surface area contributed by atoms with Crippen molar-refractivity contribution < 1.29 is 9.53 Å². The molecule has 1 saturated heterocycles. The summed E-state index contributed by atoms with van der Waals surface area (Å²) in [6.45, 7) is 8.37. The SMILES string of the molecule is CC1(C)O[Si](C)(C)CCC1O. The minimum Gasteiger partial charge on any atom is -0.410 e. The van der Waals surface area contributed by atoms with Crippen LogP contribution in [0.4, 0.5) is 0 Å². The van der Waals surface area contributed by atoms with Gasteiger partial charge in [-0.25, -0.2) is 0 Å². The lowest BCUT2D eigenvalue weighted by atomic mass is 10.00. The van der Waals surface area contributed by atoms with Gasteiger partial charge in [-0.1, -0.05) is 0 Å². The predicted octanol–water partition coefficient (Wildman–Crippen LogP) is 1.75. The zero-order valence-electron chi connectivity index (χ0n) is 7.85. The van der Waals surface area contributed by atoms with Crippen molar-refractivity contribution in [1.82, 2.24) is 0 Å². The molecule has 0 radical (unpaired) electrons. The van der Waals surface area contributed by atoms with E-state index >= 15 is 0 Å². The van der Waals surface area contributed by atoms with Gasteiger partial charge in [-0.05, 0) is 39.4 Å². The van der Waals surface area contributed by atoms with Crippen LogP contribution in [0, 0.1) is 0 Å². The van der Waals surface area contributed by atoms with Crippen LogP contribution in [0.15, 0.2) is 0 Å². The summed E-state index contributed by atoms with van der Waals surface area (Å²) < 4.78 is 5.86. The minimum absolute atomic E-state index is 0.275. The van der Waals surface area contributed by atoms with E-state index in [0.717, 1.165) is 12.5 Å². The molecule has 1 aliphatic heterocycles. The molecule has 11 heavy (non-hydrogen) atoms. The molecule has 0 aliphatic carbocycles. The first-order valence-electron chi connectivity index (χ1n) is 4.22. The Morgan fingerprint density at radius 3 is 2.36 bits per heavy atom. The Morgan fingerprint density at radius 2 is 2.00 bits per heavy atom. The average molecular weight is 174 g/mol. The Morgan fingerprint density at radius 1 is 1.45 bits per heavy atom. The minimum atomic E-state index is -1.43. The summed E-state index contributed by atoms with van der Waals surface area (Å²) in [4.78, 5) is 0. The van der Waals surface area contributed by atoms with E-state index in [2.05, 4.69) is 13.1 Å². The van der Waals surface area contributed by atoms with Crippen LogP contribution in [0.2, 0.25) is 19.1 Å². The topological polar surface area (TPSA) is 29.5 Å². The molecule has 1 aliphatic rings. The molecule has 1 atom stereocenters. The first-order chi connectivity index (χ1) is 4.83. The lowest BCUT2D eigenvalue weighted by Crippen LogP contribution is -2.52. The maximum absolute atomic E-state index is 9.57. The molecule has 0 amide bonds. The second-order valence-electron chi connectivity index (χ2n) is 4.52. The second-order valence-corrected chi connectivity index (χ2v) is 8.74. The van der Waals surface area contributed by atoms with Crippen molar-refractivity contribution in [3.63, 3.8) is 0 Å². The van der Waals surface area contributed by atoms with Gasteiger partial charge in [0.25, 0.3) is 0 Å². The van der Waals surface area contributed by atoms with Gasteiger partial charge in [0.2, 0.25) is 0 Å². The van der Waals surface area contributed by atoms with Crippen LogP contribution in [0.25, 0.3) is 0 Å². The van der Waals surface area contributed by atoms with Crippen molar-refractivity contribution >= 4 is 8.32 Å². The molecule has 1 fully saturated rings. The lowest BCUT2D eigenvalue weighted by Gasteiger charge is -2.43. The quantitative estimate of drug-likeness (QED) is 0.567. The molecule has 1 unspecified atom stereocenters. The number of hydrogen-bond donors (Lipinski definition) is 1. The maximum atomic E-state index is 9.57. The molecule has 0 spiro atoms. The van der Waals surface area contributed by atoms with Crippen molar-refractivity contribution in [3.8, 4) is 0 Å². The van der Waals surface area contributed by atoms with Crippen molar-refractivity contribution in [1.29, 1.82) is 0 Å². The molecule has 0 aromatic rings. The van der Waals surface area contributed by atoms with E-state index in [1.165, 1.54) is 0 Å². The Balaban J connectivity index is 2.67. The normalized spacial score (nSPS) is 35.2. The molecule has 1 rings (SSSR count). The van der Waals surface area contributed by atoms with E-state index in [1.807, 2.05) is 13.8 Å². The highest BCUT2D eigenvalue weighted by Crippen LogP contribution is 2.32. The standard InChI is InChI=1S/C8H18O2Si/c1-8(2)7(9)5-6-11(3,4)10-8/h7,9H,5-6H2,1-4H3. The van der Waals surface area contributed by atoms with Gasteiger partial charge in [-0.2, -0.15) is 0 Å². The highest BCUT2D eigenvalue weighted by Gasteiger charge is 2.41. The van der Waals surface area contributed by atoms with Gasteiger partial charge < -0.3 is 9.53 Å². The van der Waals surface area contributed by atoms with E-state index in [9.17, 15) is 5.11 Å². The van der Waals surface area contributed by atoms with E-state index < -0.39 is 8.32 Å². The summed E-state index contributed by atoms with van der Waals surface area (Å²) in [7, 11) is -1.43. The number of rotatable bonds is 0.